The zero-order chi connectivity index (χ0) is 25.4. The molecule has 2 amide bonds. The number of amides is 2. The van der Waals surface area contributed by atoms with Crippen molar-refractivity contribution in [2.45, 2.75) is 64.1 Å². The van der Waals surface area contributed by atoms with Gasteiger partial charge in [0.2, 0.25) is 0 Å². The predicted molar refractivity (Wildman–Crippen MR) is 141 cm³/mol. The smallest absolute Gasteiger partial charge is 0.318 e. The second kappa shape index (κ2) is 9.88. The van der Waals surface area contributed by atoms with E-state index in [0.29, 0.717) is 6.54 Å². The summed E-state index contributed by atoms with van der Waals surface area (Å²) >= 11 is 0. The molecule has 1 N–H and O–H groups in total. The summed E-state index contributed by atoms with van der Waals surface area (Å²) in [5, 5.41) is 8.34. The third-order valence-electron chi connectivity index (χ3n) is 7.68. The van der Waals surface area contributed by atoms with Crippen LogP contribution in [-0.4, -0.2) is 31.3 Å². The van der Waals surface area contributed by atoms with Gasteiger partial charge in [-0.05, 0) is 61.2 Å². The molecule has 6 nitrogen and oxygen atoms in total. The zero-order valence-electron chi connectivity index (χ0n) is 21.1. The number of carbonyl (C=O) groups excluding carboxylic acids is 1. The number of nitrogens with zero attached hydrogens (tertiary/aromatic N) is 4. The average molecular weight is 498 g/mol. The van der Waals surface area contributed by atoms with E-state index in [1.807, 2.05) is 52.2 Å². The highest BCUT2D eigenvalue weighted by molar-refractivity contribution is 5.76. The molecule has 2 aromatic heterocycles. The normalized spacial score (nSPS) is 17.7. The second-order valence-corrected chi connectivity index (χ2v) is 10.0. The van der Waals surface area contributed by atoms with Crippen molar-refractivity contribution >= 4 is 6.03 Å². The van der Waals surface area contributed by atoms with Gasteiger partial charge in [-0.2, -0.15) is 5.10 Å². The van der Waals surface area contributed by atoms with Crippen LogP contribution in [-0.2, 0) is 13.0 Å². The molecule has 2 aliphatic rings. The lowest BCUT2D eigenvalue weighted by Gasteiger charge is -2.33. The molecule has 0 saturated heterocycles. The van der Waals surface area contributed by atoms with Crippen molar-refractivity contribution in [3.63, 3.8) is 0 Å². The number of nitrogens with one attached hydrogen (secondary N) is 1. The van der Waals surface area contributed by atoms with E-state index in [4.69, 9.17) is 5.10 Å². The van der Waals surface area contributed by atoms with Crippen molar-refractivity contribution in [2.75, 3.05) is 0 Å². The van der Waals surface area contributed by atoms with Crippen LogP contribution < -0.4 is 5.32 Å². The van der Waals surface area contributed by atoms with E-state index in [9.17, 15) is 9.18 Å². The molecule has 1 saturated carbocycles. The van der Waals surface area contributed by atoms with Crippen LogP contribution in [0.25, 0.3) is 11.5 Å². The van der Waals surface area contributed by atoms with E-state index >= 15 is 0 Å². The first-order chi connectivity index (χ1) is 18.1. The molecule has 1 atom stereocenters. The maximum absolute atomic E-state index is 14.0. The maximum Gasteiger partial charge on any atom is 0.318 e. The van der Waals surface area contributed by atoms with Crippen molar-refractivity contribution in [1.82, 2.24) is 24.6 Å². The van der Waals surface area contributed by atoms with Gasteiger partial charge in [0.1, 0.15) is 11.6 Å². The Morgan fingerprint density at radius 3 is 2.49 bits per heavy atom. The summed E-state index contributed by atoms with van der Waals surface area (Å²) in [5.41, 5.74) is 4.80. The molecule has 0 bridgehead atoms. The molecule has 190 valence electrons. The zero-order valence-corrected chi connectivity index (χ0v) is 21.1. The molecule has 0 spiro atoms. The summed E-state index contributed by atoms with van der Waals surface area (Å²) in [6.45, 7) is 2.51. The number of rotatable bonds is 4. The van der Waals surface area contributed by atoms with E-state index in [1.165, 1.54) is 18.6 Å². The minimum atomic E-state index is -0.375. The van der Waals surface area contributed by atoms with E-state index in [0.717, 1.165) is 66.1 Å². The summed E-state index contributed by atoms with van der Waals surface area (Å²) < 4.78 is 18.1. The van der Waals surface area contributed by atoms with Crippen molar-refractivity contribution in [3.8, 4) is 11.5 Å². The lowest BCUT2D eigenvalue weighted by molar-refractivity contribution is 0.173. The number of benzene rings is 2. The van der Waals surface area contributed by atoms with E-state index in [1.54, 1.807) is 12.1 Å². The third-order valence-corrected chi connectivity index (χ3v) is 7.68. The van der Waals surface area contributed by atoms with Gasteiger partial charge in [0.25, 0.3) is 0 Å². The molecular weight excluding hydrogens is 465 g/mol. The van der Waals surface area contributed by atoms with E-state index < -0.39 is 0 Å². The molecule has 1 aliphatic heterocycles. The number of hydrogen-bond acceptors (Lipinski definition) is 2. The minimum Gasteiger partial charge on any atom is -0.335 e. The summed E-state index contributed by atoms with van der Waals surface area (Å²) in [4.78, 5) is 15.9. The third kappa shape index (κ3) is 4.32. The van der Waals surface area contributed by atoms with Gasteiger partial charge < -0.3 is 14.8 Å². The number of carbonyl (C=O) groups is 1. The standard InChI is InChI=1S/C30H32FN5O/c1-2-26-25-20-35(30(37)32-23-10-5-3-6-11-23)28(21-15-17-22(31)18-16-21)27-14-9-19-34(27)29(25)36(33-26)24-12-7-4-8-13-24/h4,7-9,12-19,23,28H,2-3,5-6,10-11,20H2,1H3,(H,32,37)/t28-/m0/s1. The quantitative estimate of drug-likeness (QED) is 0.359. The maximum atomic E-state index is 14.0. The van der Waals surface area contributed by atoms with Crippen LogP contribution >= 0.6 is 0 Å². The second-order valence-electron chi connectivity index (χ2n) is 10.0. The highest BCUT2D eigenvalue weighted by Crippen LogP contribution is 2.39. The molecule has 4 aromatic rings. The van der Waals surface area contributed by atoms with Gasteiger partial charge >= 0.3 is 6.03 Å². The Hall–Kier alpha value is -3.87. The number of urea groups is 1. The highest BCUT2D eigenvalue weighted by Gasteiger charge is 2.37. The molecule has 1 fully saturated rings. The van der Waals surface area contributed by atoms with Gasteiger partial charge in [-0.3, -0.25) is 0 Å². The fourth-order valence-corrected chi connectivity index (χ4v) is 5.85. The summed E-state index contributed by atoms with van der Waals surface area (Å²) in [6, 6.07) is 20.4. The van der Waals surface area contributed by atoms with Crippen LogP contribution in [0.5, 0.6) is 0 Å². The molecule has 37 heavy (non-hydrogen) atoms. The van der Waals surface area contributed by atoms with Crippen molar-refractivity contribution in [1.29, 1.82) is 0 Å². The Morgan fingerprint density at radius 2 is 1.76 bits per heavy atom. The Morgan fingerprint density at radius 1 is 1.00 bits per heavy atom. The lowest BCUT2D eigenvalue weighted by Crippen LogP contribution is -2.46. The molecule has 3 heterocycles. The first-order valence-electron chi connectivity index (χ1n) is 13.3. The van der Waals surface area contributed by atoms with Gasteiger partial charge in [-0.25, -0.2) is 13.9 Å². The van der Waals surface area contributed by atoms with E-state index in [-0.39, 0.29) is 23.9 Å². The SMILES string of the molecule is CCc1nn(-c2ccccc2)c2c1CN(C(=O)NC1CCCCC1)[C@@H](c1ccc(F)cc1)c1cccn1-2. The Balaban J connectivity index is 1.52. The van der Waals surface area contributed by atoms with Crippen molar-refractivity contribution in [3.05, 3.63) is 101 Å². The fraction of sp³-hybridized carbons (Fsp3) is 0.333. The minimum absolute atomic E-state index is 0.0867. The number of hydrogen-bond donors (Lipinski definition) is 1. The molecule has 0 radical (unpaired) electrons. The van der Waals surface area contributed by atoms with Crippen LogP contribution in [0.3, 0.4) is 0 Å². The van der Waals surface area contributed by atoms with Gasteiger partial charge in [-0.1, -0.05) is 56.5 Å². The molecule has 7 heteroatoms. The molecule has 1 aliphatic carbocycles. The number of aromatic nitrogens is 3. The molecule has 0 unspecified atom stereocenters. The largest absolute Gasteiger partial charge is 0.335 e. The average Bonchev–Trinajstić information content (AvgIpc) is 3.51. The summed E-state index contributed by atoms with van der Waals surface area (Å²) in [7, 11) is 0. The van der Waals surface area contributed by atoms with Crippen molar-refractivity contribution in [2.24, 2.45) is 0 Å². The highest BCUT2D eigenvalue weighted by atomic mass is 19.1. The van der Waals surface area contributed by atoms with Crippen LogP contribution in [0.4, 0.5) is 9.18 Å². The Labute approximate surface area is 216 Å². The van der Waals surface area contributed by atoms with Gasteiger partial charge in [-0.15, -0.1) is 0 Å². The van der Waals surface area contributed by atoms with Gasteiger partial charge in [0, 0.05) is 17.8 Å². The summed E-state index contributed by atoms with van der Waals surface area (Å²) in [6.07, 6.45) is 8.31. The van der Waals surface area contributed by atoms with Crippen LogP contribution in [0.2, 0.25) is 0 Å². The molecular formula is C30H32FN5O. The fourth-order valence-electron chi connectivity index (χ4n) is 5.85. The van der Waals surface area contributed by atoms with Crippen LogP contribution in [0, 0.1) is 5.82 Å². The van der Waals surface area contributed by atoms with Crippen LogP contribution in [0.15, 0.2) is 72.9 Å². The van der Waals surface area contributed by atoms with Gasteiger partial charge in [0.15, 0.2) is 0 Å². The van der Waals surface area contributed by atoms with Crippen LogP contribution in [0.1, 0.15) is 67.6 Å². The topological polar surface area (TPSA) is 55.1 Å². The number of fused-ring (bicyclic) bond motifs is 3. The monoisotopic (exact) mass is 497 g/mol. The first kappa shape index (κ1) is 23.5. The number of aryl methyl sites for hydroxylation is 1. The summed E-state index contributed by atoms with van der Waals surface area (Å²) in [5.74, 6) is 0.658. The first-order valence-corrected chi connectivity index (χ1v) is 13.3. The number of halogens is 1. The van der Waals surface area contributed by atoms with E-state index in [2.05, 4.69) is 22.9 Å². The Bertz CT molecular complexity index is 1390. The van der Waals surface area contributed by atoms with Crippen molar-refractivity contribution < 1.29 is 9.18 Å². The lowest BCUT2D eigenvalue weighted by atomic mass is 9.95. The Kier molecular flexibility index (Phi) is 6.28. The molecule has 2 aromatic carbocycles. The van der Waals surface area contributed by atoms with Gasteiger partial charge in [0.05, 0.1) is 29.7 Å². The predicted octanol–water partition coefficient (Wildman–Crippen LogP) is 6.31. The molecule has 6 rings (SSSR count). The number of para-hydroxylation sites is 1.